The molecule has 0 saturated carbocycles. The largest absolute Gasteiger partial charge is 0.382 e. The minimum atomic E-state index is -1.16. The molecule has 5 heteroatoms. The maximum Gasteiger partial charge on any atom is 0.251 e. The molecule has 0 aromatic heterocycles. The van der Waals surface area contributed by atoms with Gasteiger partial charge in [0.1, 0.15) is 6.10 Å². The van der Waals surface area contributed by atoms with Crippen LogP contribution < -0.4 is 16.8 Å². The zero-order valence-electron chi connectivity index (χ0n) is 8.86. The Labute approximate surface area is 84.8 Å². The van der Waals surface area contributed by atoms with Crippen molar-refractivity contribution in [1.82, 2.24) is 5.32 Å². The van der Waals surface area contributed by atoms with Crippen molar-refractivity contribution in [3.8, 4) is 0 Å². The molecular weight excluding hydrogens is 182 g/mol. The molecule has 0 aromatic rings. The van der Waals surface area contributed by atoms with Gasteiger partial charge in [-0.25, -0.2) is 0 Å². The summed E-state index contributed by atoms with van der Waals surface area (Å²) in [7, 11) is 0. The van der Waals surface area contributed by atoms with E-state index in [0.717, 1.165) is 12.8 Å². The lowest BCUT2D eigenvalue weighted by Crippen LogP contribution is -2.50. The Kier molecular flexibility index (Phi) is 6.44. The topological polar surface area (TPSA) is 101 Å². The van der Waals surface area contributed by atoms with Crippen LogP contribution in [0, 0.1) is 0 Å². The molecule has 0 aliphatic carbocycles. The number of unbranched alkanes of at least 4 members (excludes halogenated alkanes) is 1. The Balaban J connectivity index is 3.90. The highest BCUT2D eigenvalue weighted by molar-refractivity contribution is 5.81. The number of carbonyl (C=O) groups is 1. The average molecular weight is 203 g/mol. The van der Waals surface area contributed by atoms with Gasteiger partial charge in [-0.1, -0.05) is 19.8 Å². The average Bonchev–Trinajstić information content (AvgIpc) is 2.11. The minimum Gasteiger partial charge on any atom is -0.382 e. The molecule has 0 rings (SSSR count). The van der Waals surface area contributed by atoms with Crippen LogP contribution in [-0.2, 0) is 4.79 Å². The molecule has 0 aliphatic heterocycles. The lowest BCUT2D eigenvalue weighted by Gasteiger charge is -2.19. The molecule has 0 aromatic carbocycles. The van der Waals surface area contributed by atoms with Crippen molar-refractivity contribution in [2.24, 2.45) is 11.5 Å². The molecule has 0 bridgehead atoms. The van der Waals surface area contributed by atoms with Crippen molar-refractivity contribution in [2.75, 3.05) is 0 Å². The zero-order valence-corrected chi connectivity index (χ0v) is 8.86. The summed E-state index contributed by atoms with van der Waals surface area (Å²) < 4.78 is 0. The van der Waals surface area contributed by atoms with E-state index in [1.807, 2.05) is 6.92 Å². The van der Waals surface area contributed by atoms with Crippen LogP contribution in [0.4, 0.5) is 0 Å². The van der Waals surface area contributed by atoms with Crippen molar-refractivity contribution in [3.05, 3.63) is 0 Å². The first kappa shape index (κ1) is 13.4. The first-order valence-electron chi connectivity index (χ1n) is 4.98. The first-order chi connectivity index (χ1) is 6.49. The molecule has 1 amide bonds. The van der Waals surface area contributed by atoms with E-state index in [2.05, 4.69) is 5.32 Å². The number of carbonyl (C=O) groups excluding carboxylic acids is 1. The van der Waals surface area contributed by atoms with E-state index in [0.29, 0.717) is 6.42 Å². The van der Waals surface area contributed by atoms with Crippen molar-refractivity contribution in [1.29, 1.82) is 0 Å². The molecule has 0 spiro atoms. The van der Waals surface area contributed by atoms with Crippen molar-refractivity contribution < 1.29 is 9.90 Å². The molecule has 0 aliphatic rings. The van der Waals surface area contributed by atoms with E-state index in [4.69, 9.17) is 11.5 Å². The number of hydrogen-bond donors (Lipinski definition) is 4. The highest BCUT2D eigenvalue weighted by atomic mass is 16.3. The van der Waals surface area contributed by atoms with Gasteiger partial charge in [0.2, 0.25) is 0 Å². The Hall–Kier alpha value is -0.650. The number of nitrogens with one attached hydrogen (secondary N) is 1. The van der Waals surface area contributed by atoms with Gasteiger partial charge in [0.15, 0.2) is 0 Å². The third-order valence-electron chi connectivity index (χ3n) is 1.94. The molecule has 5 nitrogen and oxygen atoms in total. The molecule has 0 fully saturated rings. The Morgan fingerprint density at radius 1 is 1.50 bits per heavy atom. The third kappa shape index (κ3) is 5.16. The molecule has 6 N–H and O–H groups in total. The van der Waals surface area contributed by atoms with Gasteiger partial charge in [-0.3, -0.25) is 4.79 Å². The van der Waals surface area contributed by atoms with Gasteiger partial charge in [0.25, 0.3) is 5.91 Å². The summed E-state index contributed by atoms with van der Waals surface area (Å²) in [5, 5.41) is 11.9. The fourth-order valence-corrected chi connectivity index (χ4v) is 1.10. The summed E-state index contributed by atoms with van der Waals surface area (Å²) in [6, 6.07) is -0.506. The van der Waals surface area contributed by atoms with Gasteiger partial charge in [-0.15, -0.1) is 0 Å². The van der Waals surface area contributed by atoms with Crippen LogP contribution in [0.1, 0.15) is 33.1 Å². The fourth-order valence-electron chi connectivity index (χ4n) is 1.10. The SMILES string of the molecule is CCCCC(N)C(O)C(=O)NC(C)N. The predicted octanol–water partition coefficient (Wildman–Crippen LogP) is -0.714. The molecule has 14 heavy (non-hydrogen) atoms. The van der Waals surface area contributed by atoms with Gasteiger partial charge < -0.3 is 21.9 Å². The smallest absolute Gasteiger partial charge is 0.251 e. The van der Waals surface area contributed by atoms with Gasteiger partial charge in [-0.05, 0) is 13.3 Å². The molecule has 3 unspecified atom stereocenters. The van der Waals surface area contributed by atoms with Crippen LogP contribution >= 0.6 is 0 Å². The fraction of sp³-hybridized carbons (Fsp3) is 0.889. The second-order valence-electron chi connectivity index (χ2n) is 3.55. The second-order valence-corrected chi connectivity index (χ2v) is 3.55. The van der Waals surface area contributed by atoms with E-state index in [1.54, 1.807) is 6.92 Å². The number of aliphatic hydroxyl groups is 1. The number of hydrogen-bond acceptors (Lipinski definition) is 4. The highest BCUT2D eigenvalue weighted by Crippen LogP contribution is 2.02. The van der Waals surface area contributed by atoms with Crippen LogP contribution in [0.3, 0.4) is 0 Å². The minimum absolute atomic E-state index is 0.462. The Bertz CT molecular complexity index is 173. The predicted molar refractivity (Wildman–Crippen MR) is 55.3 cm³/mol. The number of rotatable bonds is 6. The van der Waals surface area contributed by atoms with Crippen molar-refractivity contribution in [2.45, 2.75) is 51.4 Å². The van der Waals surface area contributed by atoms with Crippen LogP contribution in [0.5, 0.6) is 0 Å². The van der Waals surface area contributed by atoms with Crippen LogP contribution in [-0.4, -0.2) is 29.3 Å². The number of aliphatic hydroxyl groups excluding tert-OH is 1. The second kappa shape index (κ2) is 6.75. The Morgan fingerprint density at radius 3 is 2.50 bits per heavy atom. The lowest BCUT2D eigenvalue weighted by molar-refractivity contribution is -0.131. The molecular formula is C9H21N3O2. The quantitative estimate of drug-likeness (QED) is 0.428. The van der Waals surface area contributed by atoms with E-state index in [-0.39, 0.29) is 0 Å². The lowest BCUT2D eigenvalue weighted by atomic mass is 10.0. The number of amides is 1. The summed E-state index contributed by atoms with van der Waals surface area (Å²) >= 11 is 0. The van der Waals surface area contributed by atoms with Crippen LogP contribution in [0.2, 0.25) is 0 Å². The normalized spacial score (nSPS) is 17.2. The van der Waals surface area contributed by atoms with Gasteiger partial charge in [0.05, 0.1) is 6.17 Å². The molecule has 3 atom stereocenters. The summed E-state index contributed by atoms with van der Waals surface area (Å²) in [6.07, 6.45) is 0.923. The van der Waals surface area contributed by atoms with Crippen LogP contribution in [0.25, 0.3) is 0 Å². The third-order valence-corrected chi connectivity index (χ3v) is 1.94. The van der Waals surface area contributed by atoms with Crippen LogP contribution in [0.15, 0.2) is 0 Å². The molecule has 84 valence electrons. The van der Waals surface area contributed by atoms with E-state index >= 15 is 0 Å². The summed E-state index contributed by atoms with van der Waals surface area (Å²) in [6.45, 7) is 3.66. The van der Waals surface area contributed by atoms with E-state index < -0.39 is 24.2 Å². The van der Waals surface area contributed by atoms with E-state index in [9.17, 15) is 9.90 Å². The summed E-state index contributed by atoms with van der Waals surface area (Å²) in [5.41, 5.74) is 11.0. The molecule has 0 heterocycles. The van der Waals surface area contributed by atoms with Gasteiger partial charge in [-0.2, -0.15) is 0 Å². The van der Waals surface area contributed by atoms with Gasteiger partial charge >= 0.3 is 0 Å². The molecule has 0 saturated heterocycles. The van der Waals surface area contributed by atoms with Crippen molar-refractivity contribution >= 4 is 5.91 Å². The summed E-state index contributed by atoms with van der Waals surface area (Å²) in [5.74, 6) is -0.497. The maximum absolute atomic E-state index is 11.2. The maximum atomic E-state index is 11.2. The highest BCUT2D eigenvalue weighted by Gasteiger charge is 2.22. The van der Waals surface area contributed by atoms with E-state index in [1.165, 1.54) is 0 Å². The zero-order chi connectivity index (χ0) is 11.1. The van der Waals surface area contributed by atoms with Gasteiger partial charge in [0, 0.05) is 6.04 Å². The number of nitrogens with two attached hydrogens (primary N) is 2. The standard InChI is InChI=1S/C9H21N3O2/c1-3-4-5-7(11)8(13)9(14)12-6(2)10/h6-8,13H,3-5,10-11H2,1-2H3,(H,12,14). The Morgan fingerprint density at radius 2 is 2.07 bits per heavy atom. The first-order valence-corrected chi connectivity index (χ1v) is 4.98. The molecule has 0 radical (unpaired) electrons. The monoisotopic (exact) mass is 203 g/mol. The summed E-state index contributed by atoms with van der Waals surface area (Å²) in [4.78, 5) is 11.2. The van der Waals surface area contributed by atoms with Crippen molar-refractivity contribution in [3.63, 3.8) is 0 Å².